The van der Waals surface area contributed by atoms with Crippen LogP contribution < -0.4 is 0 Å². The summed E-state index contributed by atoms with van der Waals surface area (Å²) in [5.74, 6) is 0.190. The smallest absolute Gasteiger partial charge is 0.115 e. The molecular weight excluding hydrogens is 254 g/mol. The molecule has 0 spiro atoms. The molecule has 1 fully saturated rings. The minimum absolute atomic E-state index is 0.152. The maximum atomic E-state index is 11.2. The Bertz CT molecular complexity index is 438. The first kappa shape index (κ1) is 15.3. The number of phenolic OH excluding ortho intramolecular Hbond substituents is 1. The Hall–Kier alpha value is -1.10. The number of hydrogen-bond acceptors (Lipinski definition) is 4. The molecule has 4 nitrogen and oxygen atoms in total. The van der Waals surface area contributed by atoms with E-state index in [2.05, 4.69) is 0 Å². The van der Waals surface area contributed by atoms with Gasteiger partial charge in [0.2, 0.25) is 0 Å². The van der Waals surface area contributed by atoms with Crippen molar-refractivity contribution in [1.82, 2.24) is 4.90 Å². The van der Waals surface area contributed by atoms with Crippen molar-refractivity contribution in [3.8, 4) is 5.75 Å². The van der Waals surface area contributed by atoms with Gasteiger partial charge in [-0.2, -0.15) is 0 Å². The number of aliphatic hydroxyl groups excluding tert-OH is 1. The van der Waals surface area contributed by atoms with Crippen molar-refractivity contribution >= 4 is 0 Å². The van der Waals surface area contributed by atoms with E-state index in [1.54, 1.807) is 24.3 Å². The molecule has 3 N–H and O–H groups in total. The molecule has 0 amide bonds. The van der Waals surface area contributed by atoms with E-state index in [0.717, 1.165) is 24.8 Å². The summed E-state index contributed by atoms with van der Waals surface area (Å²) in [6.07, 6.45) is 4.46. The van der Waals surface area contributed by atoms with Crippen LogP contribution in [-0.2, 0) is 5.54 Å². The third kappa shape index (κ3) is 2.32. The molecular formula is C16H25NO3. The summed E-state index contributed by atoms with van der Waals surface area (Å²) in [5, 5.41) is 30.8. The third-order valence-corrected chi connectivity index (χ3v) is 4.79. The summed E-state index contributed by atoms with van der Waals surface area (Å²) in [5.41, 5.74) is -0.936. The summed E-state index contributed by atoms with van der Waals surface area (Å²) in [6, 6.07) is 6.79. The van der Waals surface area contributed by atoms with Crippen LogP contribution in [0.2, 0.25) is 0 Å². The molecule has 1 aromatic carbocycles. The molecule has 0 aliphatic heterocycles. The predicted octanol–water partition coefficient (Wildman–Crippen LogP) is 1.84. The van der Waals surface area contributed by atoms with Crippen LogP contribution in [0, 0.1) is 0 Å². The molecule has 0 saturated heterocycles. The van der Waals surface area contributed by atoms with E-state index < -0.39 is 11.1 Å². The fourth-order valence-electron chi connectivity index (χ4n) is 3.61. The van der Waals surface area contributed by atoms with Crippen LogP contribution in [0.4, 0.5) is 0 Å². The number of aliphatic hydroxyl groups is 2. The molecule has 0 bridgehead atoms. The zero-order valence-electron chi connectivity index (χ0n) is 12.3. The lowest BCUT2D eigenvalue weighted by Crippen LogP contribution is -2.62. The normalized spacial score (nSPS) is 21.6. The van der Waals surface area contributed by atoms with Crippen molar-refractivity contribution in [2.45, 2.75) is 43.2 Å². The van der Waals surface area contributed by atoms with Crippen LogP contribution in [0.5, 0.6) is 5.75 Å². The molecule has 1 atom stereocenters. The summed E-state index contributed by atoms with van der Waals surface area (Å²) in [7, 11) is 3.77. The topological polar surface area (TPSA) is 63.9 Å². The summed E-state index contributed by atoms with van der Waals surface area (Å²) in [6.45, 7) is -0.152. The second-order valence-electron chi connectivity index (χ2n) is 6.05. The lowest BCUT2D eigenvalue weighted by molar-refractivity contribution is -0.145. The van der Waals surface area contributed by atoms with E-state index in [9.17, 15) is 15.3 Å². The van der Waals surface area contributed by atoms with Gasteiger partial charge in [-0.05, 0) is 44.6 Å². The molecule has 0 aromatic heterocycles. The number of phenols is 1. The minimum atomic E-state index is -0.944. The quantitative estimate of drug-likeness (QED) is 0.787. The lowest BCUT2D eigenvalue weighted by atomic mass is 9.67. The van der Waals surface area contributed by atoms with Crippen LogP contribution in [-0.4, -0.2) is 46.5 Å². The van der Waals surface area contributed by atoms with Crippen LogP contribution in [0.25, 0.3) is 0 Å². The Morgan fingerprint density at radius 2 is 1.65 bits per heavy atom. The molecule has 112 valence electrons. The molecule has 2 rings (SSSR count). The van der Waals surface area contributed by atoms with E-state index in [4.69, 9.17) is 0 Å². The van der Waals surface area contributed by atoms with Gasteiger partial charge in [-0.15, -0.1) is 0 Å². The first-order chi connectivity index (χ1) is 9.46. The Morgan fingerprint density at radius 3 is 2.10 bits per heavy atom. The average Bonchev–Trinajstić information content (AvgIpc) is 2.42. The number of benzene rings is 1. The summed E-state index contributed by atoms with van der Waals surface area (Å²) >= 11 is 0. The Balaban J connectivity index is 2.52. The van der Waals surface area contributed by atoms with Crippen LogP contribution >= 0.6 is 0 Å². The van der Waals surface area contributed by atoms with Crippen molar-refractivity contribution in [1.29, 1.82) is 0 Å². The lowest BCUT2D eigenvalue weighted by Gasteiger charge is -2.52. The Morgan fingerprint density at radius 1 is 1.10 bits per heavy atom. The molecule has 1 aliphatic rings. The fourth-order valence-corrected chi connectivity index (χ4v) is 3.61. The maximum absolute atomic E-state index is 11.2. The van der Waals surface area contributed by atoms with E-state index in [1.807, 2.05) is 19.0 Å². The van der Waals surface area contributed by atoms with E-state index in [1.165, 1.54) is 0 Å². The predicted molar refractivity (Wildman–Crippen MR) is 78.6 cm³/mol. The first-order valence-electron chi connectivity index (χ1n) is 7.26. The average molecular weight is 279 g/mol. The summed E-state index contributed by atoms with van der Waals surface area (Å²) < 4.78 is 0. The van der Waals surface area contributed by atoms with Crippen molar-refractivity contribution in [3.63, 3.8) is 0 Å². The highest BCUT2D eigenvalue weighted by Gasteiger charge is 2.53. The first-order valence-corrected chi connectivity index (χ1v) is 7.26. The highest BCUT2D eigenvalue weighted by molar-refractivity contribution is 5.34. The fraction of sp³-hybridized carbons (Fsp3) is 0.625. The highest BCUT2D eigenvalue weighted by Crippen LogP contribution is 2.45. The highest BCUT2D eigenvalue weighted by atomic mass is 16.3. The number of likely N-dealkylation sites (N-methyl/N-ethyl adjacent to an activating group) is 1. The minimum Gasteiger partial charge on any atom is -0.508 e. The van der Waals surface area contributed by atoms with E-state index in [-0.39, 0.29) is 12.4 Å². The van der Waals surface area contributed by atoms with Gasteiger partial charge in [-0.1, -0.05) is 31.4 Å². The Kier molecular flexibility index (Phi) is 4.37. The zero-order chi connectivity index (χ0) is 14.8. The van der Waals surface area contributed by atoms with Crippen molar-refractivity contribution in [2.75, 3.05) is 20.7 Å². The molecule has 0 radical (unpaired) electrons. The largest absolute Gasteiger partial charge is 0.508 e. The molecule has 4 heteroatoms. The van der Waals surface area contributed by atoms with Crippen molar-refractivity contribution < 1.29 is 15.3 Å². The molecule has 1 aromatic rings. The number of rotatable bonds is 4. The van der Waals surface area contributed by atoms with Gasteiger partial charge in [-0.25, -0.2) is 0 Å². The van der Waals surface area contributed by atoms with Gasteiger partial charge in [0.1, 0.15) is 5.75 Å². The van der Waals surface area contributed by atoms with Gasteiger partial charge in [0.15, 0.2) is 0 Å². The number of hydrogen-bond donors (Lipinski definition) is 3. The Labute approximate surface area is 120 Å². The molecule has 20 heavy (non-hydrogen) atoms. The third-order valence-electron chi connectivity index (χ3n) is 4.79. The van der Waals surface area contributed by atoms with Gasteiger partial charge in [0.25, 0.3) is 0 Å². The van der Waals surface area contributed by atoms with Gasteiger partial charge < -0.3 is 15.3 Å². The van der Waals surface area contributed by atoms with Crippen molar-refractivity contribution in [3.05, 3.63) is 29.8 Å². The second kappa shape index (κ2) is 5.72. The molecule has 0 heterocycles. The summed E-state index contributed by atoms with van der Waals surface area (Å²) in [4.78, 5) is 1.91. The van der Waals surface area contributed by atoms with E-state index in [0.29, 0.717) is 12.8 Å². The van der Waals surface area contributed by atoms with Gasteiger partial charge in [0, 0.05) is 0 Å². The van der Waals surface area contributed by atoms with Gasteiger partial charge in [0.05, 0.1) is 17.7 Å². The zero-order valence-corrected chi connectivity index (χ0v) is 12.3. The number of aromatic hydroxyl groups is 1. The monoisotopic (exact) mass is 279 g/mol. The van der Waals surface area contributed by atoms with Gasteiger partial charge in [-0.3, -0.25) is 4.90 Å². The maximum Gasteiger partial charge on any atom is 0.115 e. The van der Waals surface area contributed by atoms with Gasteiger partial charge >= 0.3 is 0 Å². The van der Waals surface area contributed by atoms with Crippen LogP contribution in [0.3, 0.4) is 0 Å². The standard InChI is InChI=1S/C16H25NO3/c1-17(2)16(12-18,13-6-8-14(19)9-7-13)15(20)10-4-3-5-11-15/h6-9,18-20H,3-5,10-12H2,1-2H3/t16-/m0/s1. The number of nitrogens with zero attached hydrogens (tertiary/aromatic N) is 1. The van der Waals surface area contributed by atoms with Crippen LogP contribution in [0.15, 0.2) is 24.3 Å². The van der Waals surface area contributed by atoms with E-state index >= 15 is 0 Å². The second-order valence-corrected chi connectivity index (χ2v) is 6.05. The van der Waals surface area contributed by atoms with Crippen LogP contribution in [0.1, 0.15) is 37.7 Å². The molecule has 1 aliphatic carbocycles. The van der Waals surface area contributed by atoms with Crippen molar-refractivity contribution in [2.24, 2.45) is 0 Å². The SMILES string of the molecule is CN(C)[C@@](CO)(c1ccc(O)cc1)C1(O)CCCCC1. The molecule has 0 unspecified atom stereocenters. The molecule has 1 saturated carbocycles.